The predicted octanol–water partition coefficient (Wildman–Crippen LogP) is -0.834. The average molecular weight is 412 g/mol. The molecule has 0 spiro atoms. The summed E-state index contributed by atoms with van der Waals surface area (Å²) >= 11 is 0. The summed E-state index contributed by atoms with van der Waals surface area (Å²) in [5.74, 6) is -0.160. The van der Waals surface area contributed by atoms with Crippen molar-refractivity contribution in [3.05, 3.63) is 0 Å². The van der Waals surface area contributed by atoms with Gasteiger partial charge in [-0.15, -0.1) is 0 Å². The van der Waals surface area contributed by atoms with Crippen molar-refractivity contribution in [2.75, 3.05) is 36.2 Å². The van der Waals surface area contributed by atoms with E-state index in [-0.39, 0.29) is 36.2 Å². The van der Waals surface area contributed by atoms with Crippen LogP contribution in [0.2, 0.25) is 0 Å². The largest absolute Gasteiger partial charge is 0.448 e. The van der Waals surface area contributed by atoms with Gasteiger partial charge in [-0.1, -0.05) is 0 Å². The van der Waals surface area contributed by atoms with Crippen molar-refractivity contribution >= 4 is 31.8 Å². The minimum Gasteiger partial charge on any atom is -0.448 e. The molecule has 150 valence electrons. The first kappa shape index (κ1) is 20.7. The van der Waals surface area contributed by atoms with Crippen LogP contribution in [0.1, 0.15) is 26.7 Å². The van der Waals surface area contributed by atoms with E-state index < -0.39 is 42.9 Å². The molecular weight excluding hydrogens is 386 g/mol. The highest BCUT2D eigenvalue weighted by molar-refractivity contribution is 7.92. The molecule has 0 bridgehead atoms. The van der Waals surface area contributed by atoms with E-state index >= 15 is 0 Å². The van der Waals surface area contributed by atoms with Gasteiger partial charge in [0.1, 0.15) is 6.61 Å². The van der Waals surface area contributed by atoms with E-state index in [1.807, 2.05) is 0 Å². The highest BCUT2D eigenvalue weighted by atomic mass is 32.2. The summed E-state index contributed by atoms with van der Waals surface area (Å²) in [7, 11) is -6.26. The van der Waals surface area contributed by atoms with Gasteiger partial charge in [0.05, 0.1) is 40.6 Å². The van der Waals surface area contributed by atoms with E-state index in [0.29, 0.717) is 12.8 Å². The maximum Gasteiger partial charge on any atom is 0.407 e. The molecule has 2 aliphatic heterocycles. The molecule has 2 fully saturated rings. The van der Waals surface area contributed by atoms with Crippen molar-refractivity contribution in [2.45, 2.75) is 37.8 Å². The third-order valence-electron chi connectivity index (χ3n) is 4.45. The predicted molar refractivity (Wildman–Crippen MR) is 94.4 cm³/mol. The van der Waals surface area contributed by atoms with E-state index in [9.17, 15) is 26.4 Å². The van der Waals surface area contributed by atoms with Crippen LogP contribution in [0.25, 0.3) is 0 Å². The molecule has 12 heteroatoms. The number of carbonyl (C=O) groups is 2. The fraction of sp³-hybridized carbons (Fsp3) is 0.857. The first-order chi connectivity index (χ1) is 11.8. The molecule has 2 atom stereocenters. The van der Waals surface area contributed by atoms with E-state index in [0.717, 1.165) is 0 Å². The first-order valence-corrected chi connectivity index (χ1v) is 11.9. The van der Waals surface area contributed by atoms with Gasteiger partial charge in [-0.25, -0.2) is 26.4 Å². The number of rotatable bonds is 5. The molecule has 0 aliphatic carbocycles. The van der Waals surface area contributed by atoms with Crippen molar-refractivity contribution in [1.82, 2.24) is 16.0 Å². The van der Waals surface area contributed by atoms with Crippen molar-refractivity contribution in [3.8, 4) is 0 Å². The number of sulfone groups is 2. The lowest BCUT2D eigenvalue weighted by atomic mass is 10.0. The number of carbonyl (C=O) groups excluding carboxylic acids is 2. The van der Waals surface area contributed by atoms with Gasteiger partial charge in [-0.2, -0.15) is 0 Å². The molecule has 3 amide bonds. The Balaban J connectivity index is 1.66. The van der Waals surface area contributed by atoms with Gasteiger partial charge in [-0.3, -0.25) is 0 Å². The van der Waals surface area contributed by atoms with Gasteiger partial charge >= 0.3 is 12.1 Å². The molecular formula is C14H25N3O7S2. The number of urea groups is 1. The number of alkyl carbamates (subject to hydrolysis) is 1. The summed E-state index contributed by atoms with van der Waals surface area (Å²) in [4.78, 5) is 23.6. The van der Waals surface area contributed by atoms with Gasteiger partial charge in [0.25, 0.3) is 0 Å². The van der Waals surface area contributed by atoms with E-state index in [2.05, 4.69) is 16.0 Å². The van der Waals surface area contributed by atoms with Crippen LogP contribution in [0.4, 0.5) is 9.59 Å². The van der Waals surface area contributed by atoms with Gasteiger partial charge in [0, 0.05) is 0 Å². The van der Waals surface area contributed by atoms with Crippen LogP contribution in [0.15, 0.2) is 0 Å². The van der Waals surface area contributed by atoms with Crippen LogP contribution in [-0.4, -0.2) is 76.2 Å². The SMILES string of the molecule is CC1(NC(=O)NCCOC(=O)NC2(C)CCS(=O)(=O)C2)CCS(=O)(=O)C1. The quantitative estimate of drug-likeness (QED) is 0.500. The molecule has 0 aromatic rings. The van der Waals surface area contributed by atoms with Crippen LogP contribution in [0.3, 0.4) is 0 Å². The van der Waals surface area contributed by atoms with Crippen molar-refractivity contribution in [2.24, 2.45) is 0 Å². The Morgan fingerprint density at radius 2 is 1.42 bits per heavy atom. The number of ether oxygens (including phenoxy) is 1. The Morgan fingerprint density at radius 1 is 0.923 bits per heavy atom. The Hall–Kier alpha value is -1.56. The van der Waals surface area contributed by atoms with Gasteiger partial charge in [0.15, 0.2) is 19.7 Å². The third kappa shape index (κ3) is 6.01. The second-order valence-electron chi connectivity index (χ2n) is 7.45. The summed E-state index contributed by atoms with van der Waals surface area (Å²) in [5, 5.41) is 7.65. The zero-order valence-corrected chi connectivity index (χ0v) is 16.5. The molecule has 2 saturated heterocycles. The van der Waals surface area contributed by atoms with Crippen molar-refractivity contribution < 1.29 is 31.2 Å². The lowest BCUT2D eigenvalue weighted by Crippen LogP contribution is -2.51. The molecule has 2 unspecified atom stereocenters. The van der Waals surface area contributed by atoms with Crippen molar-refractivity contribution in [1.29, 1.82) is 0 Å². The van der Waals surface area contributed by atoms with E-state index in [4.69, 9.17) is 4.74 Å². The second-order valence-corrected chi connectivity index (χ2v) is 11.8. The molecule has 0 saturated carbocycles. The molecule has 0 aromatic carbocycles. The van der Waals surface area contributed by atoms with Crippen LogP contribution in [0, 0.1) is 0 Å². The monoisotopic (exact) mass is 411 g/mol. The normalized spacial score (nSPS) is 31.9. The molecule has 0 aromatic heterocycles. The number of amides is 3. The highest BCUT2D eigenvalue weighted by Crippen LogP contribution is 2.23. The fourth-order valence-electron chi connectivity index (χ4n) is 3.13. The van der Waals surface area contributed by atoms with Gasteiger partial charge in [-0.05, 0) is 26.7 Å². The summed E-state index contributed by atoms with van der Waals surface area (Å²) in [6.07, 6.45) is -0.0731. The standard InChI is InChI=1S/C14H25N3O7S2/c1-13(3-7-25(20,21)9-13)16-11(18)15-5-6-24-12(19)17-14(2)4-8-26(22,23)10-14/h3-10H2,1-2H3,(H,17,19)(H2,15,16,18). The van der Waals surface area contributed by atoms with Crippen LogP contribution < -0.4 is 16.0 Å². The summed E-state index contributed by atoms with van der Waals surface area (Å²) < 4.78 is 50.9. The molecule has 3 N–H and O–H groups in total. The van der Waals surface area contributed by atoms with E-state index in [1.165, 1.54) is 0 Å². The lowest BCUT2D eigenvalue weighted by Gasteiger charge is -2.24. The smallest absolute Gasteiger partial charge is 0.407 e. The number of hydrogen-bond donors (Lipinski definition) is 3. The Kier molecular flexibility index (Phi) is 5.76. The van der Waals surface area contributed by atoms with Crippen LogP contribution in [-0.2, 0) is 24.4 Å². The molecule has 0 radical (unpaired) electrons. The van der Waals surface area contributed by atoms with Crippen molar-refractivity contribution in [3.63, 3.8) is 0 Å². The molecule has 2 heterocycles. The summed E-state index contributed by atoms with van der Waals surface area (Å²) in [6, 6.07) is -0.539. The topological polar surface area (TPSA) is 148 Å². The molecule has 10 nitrogen and oxygen atoms in total. The average Bonchev–Trinajstić information content (AvgIpc) is 2.89. The second kappa shape index (κ2) is 7.22. The highest BCUT2D eigenvalue weighted by Gasteiger charge is 2.40. The van der Waals surface area contributed by atoms with Gasteiger partial charge < -0.3 is 20.7 Å². The summed E-state index contributed by atoms with van der Waals surface area (Å²) in [6.45, 7) is 3.24. The third-order valence-corrected chi connectivity index (χ3v) is 8.25. The Morgan fingerprint density at radius 3 is 1.88 bits per heavy atom. The Labute approximate surface area is 153 Å². The summed E-state index contributed by atoms with van der Waals surface area (Å²) in [5.41, 5.74) is -1.65. The molecule has 2 aliphatic rings. The Bertz CT molecular complexity index is 714. The van der Waals surface area contributed by atoms with Gasteiger partial charge in [0.2, 0.25) is 0 Å². The number of nitrogens with one attached hydrogen (secondary N) is 3. The van der Waals surface area contributed by atoms with Crippen LogP contribution >= 0.6 is 0 Å². The minimum absolute atomic E-state index is 0.0278. The zero-order chi connectivity index (χ0) is 19.6. The van der Waals surface area contributed by atoms with Crippen LogP contribution in [0.5, 0.6) is 0 Å². The maximum absolute atomic E-state index is 11.8. The maximum atomic E-state index is 11.8. The molecule has 2 rings (SSSR count). The number of hydrogen-bond acceptors (Lipinski definition) is 7. The molecule has 26 heavy (non-hydrogen) atoms. The fourth-order valence-corrected chi connectivity index (χ4v) is 7.31. The van der Waals surface area contributed by atoms with E-state index in [1.54, 1.807) is 13.8 Å². The first-order valence-electron chi connectivity index (χ1n) is 8.24. The zero-order valence-electron chi connectivity index (χ0n) is 14.8. The lowest BCUT2D eigenvalue weighted by molar-refractivity contribution is 0.137. The minimum atomic E-state index is -3.14.